The summed E-state index contributed by atoms with van der Waals surface area (Å²) in [5, 5.41) is 14.4. The van der Waals surface area contributed by atoms with Gasteiger partial charge in [-0.25, -0.2) is 0 Å². The van der Waals surface area contributed by atoms with Crippen molar-refractivity contribution in [2.75, 3.05) is 11.9 Å². The van der Waals surface area contributed by atoms with E-state index in [1.54, 1.807) is 0 Å². The molecule has 4 nitrogen and oxygen atoms in total. The Balaban J connectivity index is 2.17. The molecule has 0 atom stereocenters. The van der Waals surface area contributed by atoms with Crippen molar-refractivity contribution in [1.82, 2.24) is 0 Å². The van der Waals surface area contributed by atoms with Gasteiger partial charge in [-0.2, -0.15) is 0 Å². The topological polar surface area (TPSA) is 70.6 Å². The number of anilines is 1. The normalized spacial score (nSPS) is 11.3. The number of hydrogen-bond acceptors (Lipinski definition) is 3. The van der Waals surface area contributed by atoms with Crippen LogP contribution in [-0.2, 0) is 0 Å². The summed E-state index contributed by atoms with van der Waals surface area (Å²) in [6.45, 7) is 0.820. The van der Waals surface area contributed by atoms with Gasteiger partial charge in [0.15, 0.2) is 0 Å². The molecule has 4 N–H and O–H groups in total. The second kappa shape index (κ2) is 5.85. The van der Waals surface area contributed by atoms with E-state index in [4.69, 9.17) is 10.9 Å². The molecule has 4 heteroatoms. The molecule has 1 aromatic rings. The molecular formula is C10H15N3O. The largest absolute Gasteiger partial charge is 0.409 e. The molecule has 76 valence electrons. The van der Waals surface area contributed by atoms with Crippen LogP contribution in [0.1, 0.15) is 12.8 Å². The van der Waals surface area contributed by atoms with Crippen LogP contribution in [-0.4, -0.2) is 17.6 Å². The van der Waals surface area contributed by atoms with Crippen LogP contribution >= 0.6 is 0 Å². The van der Waals surface area contributed by atoms with Crippen LogP contribution in [0, 0.1) is 0 Å². The first-order valence-corrected chi connectivity index (χ1v) is 4.58. The fraction of sp³-hybridized carbons (Fsp3) is 0.300. The Kier molecular flexibility index (Phi) is 4.34. The number of amidine groups is 1. The van der Waals surface area contributed by atoms with E-state index in [2.05, 4.69) is 10.5 Å². The van der Waals surface area contributed by atoms with Gasteiger partial charge in [-0.05, 0) is 18.6 Å². The molecule has 0 heterocycles. The molecule has 1 rings (SSSR count). The number of nitrogens with two attached hydrogens (primary N) is 1. The molecule has 14 heavy (non-hydrogen) atoms. The van der Waals surface area contributed by atoms with Gasteiger partial charge in [0, 0.05) is 18.7 Å². The lowest BCUT2D eigenvalue weighted by Gasteiger charge is -2.04. The molecule has 0 unspecified atom stereocenters. The SMILES string of the molecule is NC(CCCNc1ccccc1)=NO. The van der Waals surface area contributed by atoms with E-state index in [0.717, 1.165) is 18.7 Å². The molecule has 0 amide bonds. The maximum atomic E-state index is 8.29. The number of nitrogens with zero attached hydrogens (tertiary/aromatic N) is 1. The van der Waals surface area contributed by atoms with Gasteiger partial charge in [0.25, 0.3) is 0 Å². The number of oxime groups is 1. The van der Waals surface area contributed by atoms with Crippen molar-refractivity contribution in [1.29, 1.82) is 0 Å². The Labute approximate surface area is 83.4 Å². The van der Waals surface area contributed by atoms with Gasteiger partial charge in [-0.3, -0.25) is 0 Å². The van der Waals surface area contributed by atoms with Crippen LogP contribution in [0.5, 0.6) is 0 Å². The molecule has 0 aliphatic heterocycles. The van der Waals surface area contributed by atoms with Gasteiger partial charge in [0.2, 0.25) is 0 Å². The summed E-state index contributed by atoms with van der Waals surface area (Å²) in [7, 11) is 0. The zero-order valence-corrected chi connectivity index (χ0v) is 7.98. The Morgan fingerprint density at radius 1 is 1.36 bits per heavy atom. The minimum absolute atomic E-state index is 0.278. The first-order chi connectivity index (χ1) is 6.83. The second-order valence-corrected chi connectivity index (χ2v) is 2.99. The zero-order valence-electron chi connectivity index (χ0n) is 7.98. The number of nitrogens with one attached hydrogen (secondary N) is 1. The maximum Gasteiger partial charge on any atom is 0.139 e. The van der Waals surface area contributed by atoms with Crippen molar-refractivity contribution in [2.24, 2.45) is 10.9 Å². The van der Waals surface area contributed by atoms with E-state index in [0.29, 0.717) is 6.42 Å². The summed E-state index contributed by atoms with van der Waals surface area (Å²) in [5.74, 6) is 0.278. The highest BCUT2D eigenvalue weighted by atomic mass is 16.4. The molecule has 0 spiro atoms. The Hall–Kier alpha value is -1.71. The fourth-order valence-electron chi connectivity index (χ4n) is 1.11. The van der Waals surface area contributed by atoms with E-state index in [1.165, 1.54) is 0 Å². The van der Waals surface area contributed by atoms with E-state index >= 15 is 0 Å². The highest BCUT2D eigenvalue weighted by Gasteiger charge is 1.93. The van der Waals surface area contributed by atoms with E-state index in [1.807, 2.05) is 30.3 Å². The molecule has 0 radical (unpaired) electrons. The standard InChI is InChI=1S/C10H15N3O/c11-10(13-14)7-4-8-12-9-5-2-1-3-6-9/h1-3,5-6,12,14H,4,7-8H2,(H2,11,13). The lowest BCUT2D eigenvalue weighted by atomic mass is 10.2. The Morgan fingerprint density at radius 3 is 2.71 bits per heavy atom. The number of hydrogen-bond donors (Lipinski definition) is 3. The molecule has 0 saturated heterocycles. The predicted octanol–water partition coefficient (Wildman–Crippen LogP) is 1.63. The minimum atomic E-state index is 0.278. The maximum absolute atomic E-state index is 8.29. The predicted molar refractivity (Wildman–Crippen MR) is 57.6 cm³/mol. The smallest absolute Gasteiger partial charge is 0.139 e. The highest BCUT2D eigenvalue weighted by molar-refractivity contribution is 5.79. The van der Waals surface area contributed by atoms with E-state index in [9.17, 15) is 0 Å². The summed E-state index contributed by atoms with van der Waals surface area (Å²) in [5.41, 5.74) is 6.41. The lowest BCUT2D eigenvalue weighted by Crippen LogP contribution is -2.13. The van der Waals surface area contributed by atoms with Crippen LogP contribution in [0.25, 0.3) is 0 Å². The zero-order chi connectivity index (χ0) is 10.2. The third-order valence-corrected chi connectivity index (χ3v) is 1.84. The van der Waals surface area contributed by atoms with Gasteiger partial charge in [0.1, 0.15) is 5.84 Å². The number of para-hydroxylation sites is 1. The highest BCUT2D eigenvalue weighted by Crippen LogP contribution is 2.04. The first-order valence-electron chi connectivity index (χ1n) is 4.58. The Bertz CT molecular complexity index is 285. The first kappa shape index (κ1) is 10.4. The van der Waals surface area contributed by atoms with E-state index < -0.39 is 0 Å². The molecule has 0 aliphatic rings. The molecule has 0 aromatic heterocycles. The monoisotopic (exact) mass is 193 g/mol. The average molecular weight is 193 g/mol. The van der Waals surface area contributed by atoms with Crippen LogP contribution in [0.4, 0.5) is 5.69 Å². The quantitative estimate of drug-likeness (QED) is 0.219. The lowest BCUT2D eigenvalue weighted by molar-refractivity contribution is 0.316. The van der Waals surface area contributed by atoms with Crippen molar-refractivity contribution >= 4 is 11.5 Å². The summed E-state index contributed by atoms with van der Waals surface area (Å²) >= 11 is 0. The molecule has 0 fully saturated rings. The molecule has 0 aliphatic carbocycles. The van der Waals surface area contributed by atoms with Crippen LogP contribution in [0.15, 0.2) is 35.5 Å². The van der Waals surface area contributed by atoms with Crippen molar-refractivity contribution in [3.8, 4) is 0 Å². The summed E-state index contributed by atoms with van der Waals surface area (Å²) in [4.78, 5) is 0. The van der Waals surface area contributed by atoms with Crippen LogP contribution in [0.3, 0.4) is 0 Å². The molecule has 1 aromatic carbocycles. The molecule has 0 bridgehead atoms. The van der Waals surface area contributed by atoms with Gasteiger partial charge in [-0.15, -0.1) is 0 Å². The van der Waals surface area contributed by atoms with Crippen molar-refractivity contribution < 1.29 is 5.21 Å². The van der Waals surface area contributed by atoms with Gasteiger partial charge < -0.3 is 16.3 Å². The molecular weight excluding hydrogens is 178 g/mol. The van der Waals surface area contributed by atoms with Crippen molar-refractivity contribution in [3.05, 3.63) is 30.3 Å². The minimum Gasteiger partial charge on any atom is -0.409 e. The summed E-state index contributed by atoms with van der Waals surface area (Å²) in [6.07, 6.45) is 1.46. The van der Waals surface area contributed by atoms with Gasteiger partial charge >= 0.3 is 0 Å². The van der Waals surface area contributed by atoms with Crippen molar-refractivity contribution in [3.63, 3.8) is 0 Å². The number of benzene rings is 1. The Morgan fingerprint density at radius 2 is 2.07 bits per heavy atom. The summed E-state index contributed by atoms with van der Waals surface area (Å²) < 4.78 is 0. The van der Waals surface area contributed by atoms with Gasteiger partial charge in [0.05, 0.1) is 0 Å². The second-order valence-electron chi connectivity index (χ2n) is 2.99. The van der Waals surface area contributed by atoms with Crippen LogP contribution in [0.2, 0.25) is 0 Å². The van der Waals surface area contributed by atoms with E-state index in [-0.39, 0.29) is 5.84 Å². The number of rotatable bonds is 5. The van der Waals surface area contributed by atoms with Crippen molar-refractivity contribution in [2.45, 2.75) is 12.8 Å². The fourth-order valence-corrected chi connectivity index (χ4v) is 1.11. The third kappa shape index (κ3) is 3.80. The third-order valence-electron chi connectivity index (χ3n) is 1.84. The van der Waals surface area contributed by atoms with Crippen LogP contribution < -0.4 is 11.1 Å². The molecule has 0 saturated carbocycles. The summed E-state index contributed by atoms with van der Waals surface area (Å²) in [6, 6.07) is 9.94. The average Bonchev–Trinajstić information content (AvgIpc) is 2.25. The van der Waals surface area contributed by atoms with Gasteiger partial charge in [-0.1, -0.05) is 23.4 Å².